The molecule has 35 heavy (non-hydrogen) atoms. The predicted octanol–water partition coefficient (Wildman–Crippen LogP) is 4.88. The van der Waals surface area contributed by atoms with Crippen LogP contribution >= 0.6 is 34.4 Å². The Labute approximate surface area is 222 Å². The van der Waals surface area contributed by atoms with E-state index in [-0.39, 0.29) is 19.1 Å². The van der Waals surface area contributed by atoms with E-state index < -0.39 is 5.97 Å². The van der Waals surface area contributed by atoms with Crippen molar-refractivity contribution < 1.29 is 28.5 Å². The van der Waals surface area contributed by atoms with E-state index in [1.807, 2.05) is 43.3 Å². The van der Waals surface area contributed by atoms with Gasteiger partial charge in [0, 0.05) is 6.61 Å². The van der Waals surface area contributed by atoms with Crippen molar-refractivity contribution in [2.75, 3.05) is 40.1 Å². The highest BCUT2D eigenvalue weighted by atomic mass is 127. The maximum Gasteiger partial charge on any atom is 0.344 e. The van der Waals surface area contributed by atoms with Gasteiger partial charge in [-0.05, 0) is 84.1 Å². The Morgan fingerprint density at radius 2 is 1.94 bits per heavy atom. The molecule has 0 bridgehead atoms. The molecule has 0 aliphatic carbocycles. The third-order valence-electron chi connectivity index (χ3n) is 4.72. The van der Waals surface area contributed by atoms with E-state index in [0.29, 0.717) is 41.3 Å². The maximum atomic E-state index is 13.2. The molecular weight excluding hydrogens is 583 g/mol. The first kappa shape index (κ1) is 27.0. The van der Waals surface area contributed by atoms with E-state index in [4.69, 9.17) is 18.9 Å². The summed E-state index contributed by atoms with van der Waals surface area (Å²) in [5, 5.41) is 0.600. The molecule has 3 rings (SSSR count). The number of aliphatic imine (C=N–C) groups is 1. The van der Waals surface area contributed by atoms with Crippen molar-refractivity contribution in [1.29, 1.82) is 0 Å². The first-order valence-electron chi connectivity index (χ1n) is 11.1. The number of ether oxygens (including phenoxy) is 4. The van der Waals surface area contributed by atoms with Crippen LogP contribution in [0.3, 0.4) is 0 Å². The number of rotatable bonds is 11. The maximum absolute atomic E-state index is 13.2. The number of benzene rings is 2. The number of amidine groups is 1. The van der Waals surface area contributed by atoms with Crippen LogP contribution in [0.25, 0.3) is 6.08 Å². The fraction of sp³-hybridized carbons (Fsp3) is 0.320. The number of hydrogen-bond acceptors (Lipinski definition) is 8. The summed E-state index contributed by atoms with van der Waals surface area (Å²) in [5.41, 5.74) is 1.53. The number of para-hydroxylation sites is 1. The quantitative estimate of drug-likeness (QED) is 0.155. The van der Waals surface area contributed by atoms with Gasteiger partial charge < -0.3 is 18.9 Å². The molecule has 186 valence electrons. The second-order valence-electron chi connectivity index (χ2n) is 7.12. The number of hydrogen-bond donors (Lipinski definition) is 0. The Balaban J connectivity index is 1.88. The minimum absolute atomic E-state index is 0.138. The Morgan fingerprint density at radius 1 is 1.17 bits per heavy atom. The highest BCUT2D eigenvalue weighted by Crippen LogP contribution is 2.38. The molecular formula is C25H27IN2O6S. The molecule has 0 radical (unpaired) electrons. The third kappa shape index (κ3) is 7.45. The average Bonchev–Trinajstić information content (AvgIpc) is 3.12. The van der Waals surface area contributed by atoms with Crippen LogP contribution in [0.2, 0.25) is 0 Å². The van der Waals surface area contributed by atoms with E-state index in [2.05, 4.69) is 27.6 Å². The van der Waals surface area contributed by atoms with E-state index in [9.17, 15) is 9.59 Å². The summed E-state index contributed by atoms with van der Waals surface area (Å²) in [6.07, 6.45) is 1.80. The molecule has 0 atom stereocenters. The largest absolute Gasteiger partial charge is 0.493 e. The normalized spacial score (nSPS) is 15.7. The first-order valence-corrected chi connectivity index (χ1v) is 12.9. The first-order chi connectivity index (χ1) is 17.0. The summed E-state index contributed by atoms with van der Waals surface area (Å²) in [6.45, 7) is 5.12. The van der Waals surface area contributed by atoms with E-state index in [1.54, 1.807) is 24.0 Å². The van der Waals surface area contributed by atoms with Crippen molar-refractivity contribution in [3.8, 4) is 11.5 Å². The molecule has 0 saturated carbocycles. The zero-order chi connectivity index (χ0) is 25.2. The lowest BCUT2D eigenvalue weighted by atomic mass is 10.2. The number of amides is 1. The Kier molecular flexibility index (Phi) is 10.4. The lowest BCUT2D eigenvalue weighted by Gasteiger charge is -2.15. The highest BCUT2D eigenvalue weighted by molar-refractivity contribution is 14.1. The van der Waals surface area contributed by atoms with E-state index >= 15 is 0 Å². The van der Waals surface area contributed by atoms with Gasteiger partial charge in [-0.25, -0.2) is 9.79 Å². The van der Waals surface area contributed by atoms with Crippen molar-refractivity contribution >= 4 is 63.2 Å². The van der Waals surface area contributed by atoms with E-state index in [0.717, 1.165) is 14.8 Å². The van der Waals surface area contributed by atoms with Gasteiger partial charge >= 0.3 is 5.97 Å². The number of esters is 1. The summed E-state index contributed by atoms with van der Waals surface area (Å²) in [6, 6.07) is 13.1. The van der Waals surface area contributed by atoms with Crippen LogP contribution in [0.15, 0.2) is 52.4 Å². The van der Waals surface area contributed by atoms with Gasteiger partial charge in [-0.15, -0.1) is 0 Å². The second-order valence-corrected chi connectivity index (χ2v) is 9.29. The smallest absolute Gasteiger partial charge is 0.344 e. The molecule has 2 aromatic rings. The number of carbonyl (C=O) groups excluding carboxylic acids is 2. The van der Waals surface area contributed by atoms with Crippen LogP contribution in [0.4, 0.5) is 5.69 Å². The van der Waals surface area contributed by atoms with Gasteiger partial charge in [0.05, 0.1) is 41.0 Å². The average molecular weight is 610 g/mol. The van der Waals surface area contributed by atoms with Gasteiger partial charge in [-0.2, -0.15) is 0 Å². The van der Waals surface area contributed by atoms with Crippen LogP contribution in [0.5, 0.6) is 11.5 Å². The van der Waals surface area contributed by atoms with Crippen LogP contribution in [-0.2, 0) is 19.1 Å². The number of halogens is 1. The molecule has 0 aromatic heterocycles. The molecule has 8 nitrogen and oxygen atoms in total. The van der Waals surface area contributed by atoms with E-state index in [1.165, 1.54) is 18.9 Å². The van der Waals surface area contributed by atoms with Gasteiger partial charge in [-0.3, -0.25) is 9.69 Å². The van der Waals surface area contributed by atoms with Crippen LogP contribution < -0.4 is 9.47 Å². The van der Waals surface area contributed by atoms with Crippen molar-refractivity contribution in [3.63, 3.8) is 0 Å². The monoisotopic (exact) mass is 610 g/mol. The molecule has 1 saturated heterocycles. The molecule has 10 heteroatoms. The van der Waals surface area contributed by atoms with Crippen LogP contribution in [0, 0.1) is 3.57 Å². The number of thioether (sulfide) groups is 1. The van der Waals surface area contributed by atoms with Gasteiger partial charge in [0.2, 0.25) is 0 Å². The zero-order valence-corrected chi connectivity index (χ0v) is 22.8. The summed E-state index contributed by atoms with van der Waals surface area (Å²) in [7, 11) is 1.52. The summed E-state index contributed by atoms with van der Waals surface area (Å²) in [4.78, 5) is 31.8. The van der Waals surface area contributed by atoms with Gasteiger partial charge in [-0.1, -0.05) is 18.2 Å². The molecule has 1 amide bonds. The van der Waals surface area contributed by atoms with Gasteiger partial charge in [0.1, 0.15) is 0 Å². The van der Waals surface area contributed by atoms with Crippen molar-refractivity contribution in [2.45, 2.75) is 13.8 Å². The lowest BCUT2D eigenvalue weighted by Crippen LogP contribution is -2.32. The Hall–Kier alpha value is -2.57. The van der Waals surface area contributed by atoms with Crippen LogP contribution in [0.1, 0.15) is 19.4 Å². The number of nitrogens with zero attached hydrogens (tertiary/aromatic N) is 2. The van der Waals surface area contributed by atoms with Gasteiger partial charge in [0.25, 0.3) is 5.91 Å². The fourth-order valence-corrected chi connectivity index (χ4v) is 4.96. The molecule has 1 aliphatic rings. The molecule has 0 spiro atoms. The second kappa shape index (κ2) is 13.5. The van der Waals surface area contributed by atoms with Crippen molar-refractivity contribution in [1.82, 2.24) is 4.90 Å². The Morgan fingerprint density at radius 3 is 2.63 bits per heavy atom. The minimum Gasteiger partial charge on any atom is -0.493 e. The predicted molar refractivity (Wildman–Crippen MR) is 145 cm³/mol. The minimum atomic E-state index is -0.457. The Bertz CT molecular complexity index is 1110. The molecule has 0 N–H and O–H groups in total. The topological polar surface area (TPSA) is 86.7 Å². The third-order valence-corrected chi connectivity index (χ3v) is 6.53. The zero-order valence-electron chi connectivity index (χ0n) is 19.8. The number of carbonyl (C=O) groups is 2. The summed E-state index contributed by atoms with van der Waals surface area (Å²) in [5.74, 6) is 0.302. The molecule has 1 heterocycles. The summed E-state index contributed by atoms with van der Waals surface area (Å²) >= 11 is 3.43. The summed E-state index contributed by atoms with van der Waals surface area (Å²) < 4.78 is 22.2. The fourth-order valence-electron chi connectivity index (χ4n) is 3.15. The van der Waals surface area contributed by atoms with Crippen molar-refractivity contribution in [3.05, 3.63) is 56.5 Å². The van der Waals surface area contributed by atoms with Crippen LogP contribution in [-0.4, -0.2) is 62.0 Å². The molecule has 0 unspecified atom stereocenters. The lowest BCUT2D eigenvalue weighted by molar-refractivity contribution is -0.145. The standard InChI is InChI=1S/C25H27IN2O6S/c1-4-32-12-11-28-24(30)21(35-25(28)27-18-9-7-6-8-10-18)15-17-13-19(26)23(20(14-17)31-3)34-16-22(29)33-5-2/h6-10,13-15H,4-5,11-12,16H2,1-3H3/b21-15-,27-25?. The molecule has 2 aromatic carbocycles. The SMILES string of the molecule is CCOCCN1C(=O)/C(=C/c2cc(I)c(OCC(=O)OCC)c(OC)c2)SC1=Nc1ccccc1. The van der Waals surface area contributed by atoms with Gasteiger partial charge in [0.15, 0.2) is 23.3 Å². The highest BCUT2D eigenvalue weighted by Gasteiger charge is 2.33. The molecule has 1 fully saturated rings. The van der Waals surface area contributed by atoms with Crippen molar-refractivity contribution in [2.24, 2.45) is 4.99 Å². The number of methoxy groups -OCH3 is 1. The molecule has 1 aliphatic heterocycles.